The van der Waals surface area contributed by atoms with Gasteiger partial charge in [-0.1, -0.05) is 115 Å². The lowest BCUT2D eigenvalue weighted by atomic mass is 9.71. The van der Waals surface area contributed by atoms with E-state index in [0.29, 0.717) is 22.3 Å². The zero-order valence-electron chi connectivity index (χ0n) is 28.9. The molecule has 0 saturated carbocycles. The second-order valence-corrected chi connectivity index (χ2v) is 15.1. The van der Waals surface area contributed by atoms with Gasteiger partial charge in [-0.3, -0.25) is 9.59 Å². The van der Waals surface area contributed by atoms with E-state index in [0.717, 1.165) is 37.6 Å². The van der Waals surface area contributed by atoms with E-state index >= 15 is 0 Å². The van der Waals surface area contributed by atoms with Crippen molar-refractivity contribution in [2.24, 2.45) is 5.41 Å². The summed E-state index contributed by atoms with van der Waals surface area (Å²) in [4.78, 5) is 42.9. The van der Waals surface area contributed by atoms with Crippen LogP contribution in [0.5, 0.6) is 0 Å². The average Bonchev–Trinajstić information content (AvgIpc) is 3.13. The normalized spacial score (nSPS) is 18.6. The Morgan fingerprint density at radius 1 is 0.745 bits per heavy atom. The second kappa shape index (κ2) is 12.6. The zero-order chi connectivity index (χ0) is 36.1. The number of hydrogen-bond acceptors (Lipinski definition) is 6. The van der Waals surface area contributed by atoms with Crippen LogP contribution in [0.4, 0.5) is 0 Å². The molecule has 5 nitrogen and oxygen atoms in total. The van der Waals surface area contributed by atoms with Crippen LogP contribution < -0.4 is 0 Å². The minimum atomic E-state index is -1.37. The van der Waals surface area contributed by atoms with Gasteiger partial charge >= 0.3 is 11.9 Å². The van der Waals surface area contributed by atoms with Gasteiger partial charge in [-0.05, 0) is 57.0 Å². The Morgan fingerprint density at radius 3 is 2.02 bits per heavy atom. The van der Waals surface area contributed by atoms with Gasteiger partial charge in [-0.15, -0.1) is 12.3 Å². The molecule has 0 fully saturated rings. The first-order valence-electron chi connectivity index (χ1n) is 16.7. The number of hydrogen-bond donors (Lipinski definition) is 0. The molecule has 0 radical (unpaired) electrons. The summed E-state index contributed by atoms with van der Waals surface area (Å²) in [5, 5.41) is 0. The highest BCUT2D eigenvalue weighted by Gasteiger charge is 2.49. The number of benzene rings is 5. The number of ketones is 1. The summed E-state index contributed by atoms with van der Waals surface area (Å²) < 4.78 is 12.9. The molecule has 0 aromatic heterocycles. The fraction of sp³-hybridized carbons (Fsp3) is 0.178. The lowest BCUT2D eigenvalue weighted by molar-refractivity contribution is -0.163. The molecular weight excluding hydrogens is 653 g/mol. The van der Waals surface area contributed by atoms with E-state index in [1.54, 1.807) is 36.9 Å². The molecule has 0 amide bonds. The maximum Gasteiger partial charge on any atom is 0.334 e. The molecule has 7 rings (SSSR count). The molecule has 51 heavy (non-hydrogen) atoms. The minimum absolute atomic E-state index is 0.0341. The molecular formula is C45H36O5S. The summed E-state index contributed by atoms with van der Waals surface area (Å²) in [6.07, 6.45) is 5.93. The Hall–Kier alpha value is -5.64. The number of rotatable bonds is 6. The number of ether oxygens (including phenoxy) is 2. The quantitative estimate of drug-likeness (QED) is 0.101. The summed E-state index contributed by atoms with van der Waals surface area (Å²) >= 11 is 1.61. The number of carbonyl (C=O) groups is 3. The summed E-state index contributed by atoms with van der Waals surface area (Å²) in [5.41, 5.74) is 3.07. The van der Waals surface area contributed by atoms with Crippen molar-refractivity contribution in [3.63, 3.8) is 0 Å². The molecule has 2 unspecified atom stereocenters. The van der Waals surface area contributed by atoms with E-state index in [1.165, 1.54) is 0 Å². The number of esters is 2. The van der Waals surface area contributed by atoms with E-state index in [2.05, 4.69) is 18.6 Å². The third kappa shape index (κ3) is 5.49. The molecule has 2 atom stereocenters. The molecule has 252 valence electrons. The molecule has 5 aromatic carbocycles. The number of carbonyl (C=O) groups excluding carboxylic acids is 3. The molecule has 5 aromatic rings. The summed E-state index contributed by atoms with van der Waals surface area (Å²) in [6, 6.07) is 36.7. The first-order chi connectivity index (χ1) is 24.4. The van der Waals surface area contributed by atoms with Crippen LogP contribution in [0.3, 0.4) is 0 Å². The lowest BCUT2D eigenvalue weighted by Crippen LogP contribution is -2.41. The molecule has 1 heterocycles. The van der Waals surface area contributed by atoms with Crippen LogP contribution in [0, 0.1) is 17.8 Å². The first kappa shape index (κ1) is 33.8. The maximum absolute atomic E-state index is 14.1. The largest absolute Gasteiger partial charge is 0.445 e. The van der Waals surface area contributed by atoms with Gasteiger partial charge in [0.05, 0.1) is 11.8 Å². The van der Waals surface area contributed by atoms with Gasteiger partial charge in [0.1, 0.15) is 0 Å². The smallest absolute Gasteiger partial charge is 0.334 e. The van der Waals surface area contributed by atoms with Crippen LogP contribution in [-0.4, -0.2) is 17.7 Å². The van der Waals surface area contributed by atoms with E-state index in [4.69, 9.17) is 15.9 Å². The van der Waals surface area contributed by atoms with Gasteiger partial charge in [-0.25, -0.2) is 4.79 Å². The fourth-order valence-corrected chi connectivity index (χ4v) is 8.16. The van der Waals surface area contributed by atoms with Gasteiger partial charge in [0, 0.05) is 54.3 Å². The molecule has 2 aliphatic rings. The van der Waals surface area contributed by atoms with Crippen molar-refractivity contribution in [2.45, 2.75) is 55.1 Å². The standard InChI is InChI=1S/C45H36O5S/c1-7-25-44(49-41(47)28(2)3)34-18-12-11-17-32(34)40(46)33-26-29(21-23-35(33)44)30-22-24-37-39(27-30)51-38-20-14-13-19-36(38)45(37,31-15-9-8-10-16-31)50-42(48)43(4,5)6/h1,8-24,26-27H,2,25H2,3-6H3. The van der Waals surface area contributed by atoms with Crippen molar-refractivity contribution in [1.82, 2.24) is 0 Å². The van der Waals surface area contributed by atoms with Crippen LogP contribution in [-0.2, 0) is 30.3 Å². The molecule has 6 heteroatoms. The zero-order valence-corrected chi connectivity index (χ0v) is 29.7. The second-order valence-electron chi connectivity index (χ2n) is 14.0. The van der Waals surface area contributed by atoms with Crippen molar-refractivity contribution in [3.8, 4) is 23.5 Å². The highest BCUT2D eigenvalue weighted by molar-refractivity contribution is 7.99. The van der Waals surface area contributed by atoms with Crippen LogP contribution in [0.1, 0.15) is 77.9 Å². The molecule has 0 N–H and O–H groups in total. The fourth-order valence-electron chi connectivity index (χ4n) is 6.94. The van der Waals surface area contributed by atoms with E-state index < -0.39 is 22.6 Å². The van der Waals surface area contributed by atoms with Crippen molar-refractivity contribution in [1.29, 1.82) is 0 Å². The average molecular weight is 689 g/mol. The summed E-state index contributed by atoms with van der Waals surface area (Å²) in [7, 11) is 0. The highest BCUT2D eigenvalue weighted by atomic mass is 32.2. The third-order valence-corrected chi connectivity index (χ3v) is 10.6. The Morgan fingerprint density at radius 2 is 1.33 bits per heavy atom. The number of fused-ring (bicyclic) bond motifs is 4. The van der Waals surface area contributed by atoms with E-state index in [1.807, 2.05) is 112 Å². The Bertz CT molecular complexity index is 2310. The van der Waals surface area contributed by atoms with Gasteiger partial charge < -0.3 is 9.47 Å². The Balaban J connectivity index is 1.41. The summed E-state index contributed by atoms with van der Waals surface area (Å²) in [5.74, 6) is 1.60. The van der Waals surface area contributed by atoms with Crippen LogP contribution in [0.25, 0.3) is 11.1 Å². The SMILES string of the molecule is C#CCC1(OC(=O)C(=C)C)c2ccccc2C(=O)c2cc(-c3ccc4c(c3)Sc3ccccc3C4(OC(=O)C(C)(C)C)c3ccccc3)ccc21. The molecule has 0 spiro atoms. The van der Waals surface area contributed by atoms with Crippen molar-refractivity contribution < 1.29 is 23.9 Å². The van der Waals surface area contributed by atoms with Gasteiger partial charge in [0.2, 0.25) is 0 Å². The van der Waals surface area contributed by atoms with Crippen molar-refractivity contribution in [3.05, 3.63) is 166 Å². The van der Waals surface area contributed by atoms with E-state index in [9.17, 15) is 14.4 Å². The highest BCUT2D eigenvalue weighted by Crippen LogP contribution is 2.55. The minimum Gasteiger partial charge on any atom is -0.445 e. The summed E-state index contributed by atoms with van der Waals surface area (Å²) in [6.45, 7) is 10.9. The predicted octanol–water partition coefficient (Wildman–Crippen LogP) is 9.63. The van der Waals surface area contributed by atoms with E-state index in [-0.39, 0.29) is 23.7 Å². The third-order valence-electron chi connectivity index (χ3n) is 9.49. The first-order valence-corrected chi connectivity index (χ1v) is 17.5. The maximum atomic E-state index is 14.1. The van der Waals surface area contributed by atoms with Gasteiger partial charge in [0.15, 0.2) is 17.0 Å². The topological polar surface area (TPSA) is 69.7 Å². The van der Waals surface area contributed by atoms with Crippen LogP contribution in [0.2, 0.25) is 0 Å². The molecule has 1 aliphatic heterocycles. The molecule has 1 aliphatic carbocycles. The van der Waals surface area contributed by atoms with Crippen molar-refractivity contribution in [2.75, 3.05) is 0 Å². The number of terminal acetylenes is 1. The van der Waals surface area contributed by atoms with Crippen molar-refractivity contribution >= 4 is 29.5 Å². The molecule has 0 saturated heterocycles. The van der Waals surface area contributed by atoms with Crippen LogP contribution in [0.15, 0.2) is 137 Å². The Kier molecular flexibility index (Phi) is 8.36. The van der Waals surface area contributed by atoms with Gasteiger partial charge in [-0.2, -0.15) is 0 Å². The predicted molar refractivity (Wildman–Crippen MR) is 199 cm³/mol. The lowest BCUT2D eigenvalue weighted by Gasteiger charge is -2.41. The monoisotopic (exact) mass is 688 g/mol. The van der Waals surface area contributed by atoms with Gasteiger partial charge in [0.25, 0.3) is 0 Å². The van der Waals surface area contributed by atoms with Crippen LogP contribution >= 0.6 is 11.8 Å². The Labute approximate surface area is 302 Å². The molecule has 0 bridgehead atoms.